The van der Waals surface area contributed by atoms with E-state index in [1.165, 1.54) is 21.2 Å². The Balaban J connectivity index is 4.13. The summed E-state index contributed by atoms with van der Waals surface area (Å²) in [5.41, 5.74) is 0.170. The first-order valence-corrected chi connectivity index (χ1v) is 5.56. The van der Waals surface area contributed by atoms with Crippen molar-refractivity contribution in [1.29, 1.82) is 0 Å². The van der Waals surface area contributed by atoms with E-state index in [-0.39, 0.29) is 5.54 Å². The van der Waals surface area contributed by atoms with Crippen molar-refractivity contribution >= 4 is 8.37 Å². The molecule has 0 rings (SSSR count). The molecular formula is C10H22NP. The minimum atomic E-state index is 0.170. The zero-order valence-electron chi connectivity index (χ0n) is 9.31. The zero-order valence-corrected chi connectivity index (χ0v) is 10.2. The van der Waals surface area contributed by atoms with Gasteiger partial charge in [-0.25, -0.2) is 0 Å². The summed E-state index contributed by atoms with van der Waals surface area (Å²) in [5.74, 6) is 0. The summed E-state index contributed by atoms with van der Waals surface area (Å²) in [6.45, 7) is 13.3. The monoisotopic (exact) mass is 187 g/mol. The van der Waals surface area contributed by atoms with Crippen molar-refractivity contribution in [3.8, 4) is 0 Å². The van der Waals surface area contributed by atoms with Crippen molar-refractivity contribution in [3.05, 3.63) is 0 Å². The molecule has 12 heavy (non-hydrogen) atoms. The van der Waals surface area contributed by atoms with Crippen LogP contribution in [0.3, 0.4) is 0 Å². The van der Waals surface area contributed by atoms with Gasteiger partial charge >= 0.3 is 0 Å². The van der Waals surface area contributed by atoms with Crippen LogP contribution in [-0.2, 0) is 0 Å². The fourth-order valence-corrected chi connectivity index (χ4v) is 1.62. The summed E-state index contributed by atoms with van der Waals surface area (Å²) < 4.78 is 4.69. The van der Waals surface area contributed by atoms with Crippen LogP contribution >= 0.6 is 8.37 Å². The van der Waals surface area contributed by atoms with E-state index >= 15 is 0 Å². The summed E-state index contributed by atoms with van der Waals surface area (Å²) in [6.07, 6.45) is 2.41. The van der Waals surface area contributed by atoms with Crippen LogP contribution in [0.2, 0.25) is 0 Å². The molecule has 0 heterocycles. The highest BCUT2D eigenvalue weighted by atomic mass is 31.1. The topological polar surface area (TPSA) is 12.4 Å². The molecule has 0 aliphatic rings. The maximum absolute atomic E-state index is 4.69. The van der Waals surface area contributed by atoms with Crippen LogP contribution < -0.4 is 0 Å². The third-order valence-corrected chi connectivity index (χ3v) is 2.72. The van der Waals surface area contributed by atoms with E-state index in [1.54, 1.807) is 0 Å². The Labute approximate surface area is 78.8 Å². The molecular weight excluding hydrogens is 165 g/mol. The van der Waals surface area contributed by atoms with Gasteiger partial charge < -0.3 is 0 Å². The van der Waals surface area contributed by atoms with Gasteiger partial charge in [-0.1, -0.05) is 34.1 Å². The maximum Gasteiger partial charge on any atom is 0.0595 e. The lowest BCUT2D eigenvalue weighted by Gasteiger charge is -2.20. The van der Waals surface area contributed by atoms with Gasteiger partial charge in [0.2, 0.25) is 0 Å². The van der Waals surface area contributed by atoms with Crippen molar-refractivity contribution in [2.45, 2.75) is 65.1 Å². The normalized spacial score (nSPS) is 14.2. The summed E-state index contributed by atoms with van der Waals surface area (Å²) in [7, 11) is 1.22. The number of nitrogens with zero attached hydrogens (tertiary/aromatic N) is 1. The molecule has 0 spiro atoms. The van der Waals surface area contributed by atoms with Crippen molar-refractivity contribution in [1.82, 2.24) is 0 Å². The molecule has 0 aromatic carbocycles. The highest BCUT2D eigenvalue weighted by molar-refractivity contribution is 7.28. The first kappa shape index (κ1) is 12.1. The molecule has 2 heteroatoms. The lowest BCUT2D eigenvalue weighted by Crippen LogP contribution is -2.15. The lowest BCUT2D eigenvalue weighted by atomic mass is 10.0. The molecule has 0 N–H and O–H groups in total. The lowest BCUT2D eigenvalue weighted by molar-refractivity contribution is 0.478. The molecule has 0 aliphatic carbocycles. The van der Waals surface area contributed by atoms with Gasteiger partial charge in [0.15, 0.2) is 0 Å². The van der Waals surface area contributed by atoms with Crippen molar-refractivity contribution in [2.75, 3.05) is 0 Å². The smallest absolute Gasteiger partial charge is 0.0595 e. The van der Waals surface area contributed by atoms with Crippen LogP contribution in [-0.4, -0.2) is 10.7 Å². The Morgan fingerprint density at radius 3 is 1.92 bits per heavy atom. The summed E-state index contributed by atoms with van der Waals surface area (Å²) >= 11 is 0. The third kappa shape index (κ3) is 6.79. The predicted octanol–water partition coefficient (Wildman–Crippen LogP) is 4.49. The molecule has 0 aromatic heterocycles. The van der Waals surface area contributed by atoms with E-state index in [9.17, 15) is 0 Å². The Bertz CT molecular complexity index is 154. The fraction of sp³-hybridized carbons (Fsp3) is 1.00. The molecule has 0 amide bonds. The van der Waals surface area contributed by atoms with Gasteiger partial charge in [0.05, 0.1) is 5.54 Å². The SMILES string of the molecule is CCCC(C)(C)N=PC(C)(C)C. The van der Waals surface area contributed by atoms with Crippen molar-refractivity contribution in [2.24, 2.45) is 4.74 Å². The first-order chi connectivity index (χ1) is 5.27. The molecule has 0 bridgehead atoms. The molecule has 0 aromatic rings. The van der Waals surface area contributed by atoms with E-state index in [2.05, 4.69) is 46.3 Å². The standard InChI is InChI=1S/C10H22NP/c1-7-8-10(5,6)11-12-9(2,3)4/h7-8H2,1-6H3. The van der Waals surface area contributed by atoms with E-state index in [1.807, 2.05) is 0 Å². The van der Waals surface area contributed by atoms with Gasteiger partial charge in [-0.3, -0.25) is 4.74 Å². The zero-order chi connectivity index (χ0) is 9.83. The second kappa shape index (κ2) is 4.37. The van der Waals surface area contributed by atoms with Crippen LogP contribution in [0, 0.1) is 0 Å². The van der Waals surface area contributed by atoms with Gasteiger partial charge in [0.1, 0.15) is 0 Å². The molecule has 0 atom stereocenters. The van der Waals surface area contributed by atoms with Gasteiger partial charge in [0, 0.05) is 13.5 Å². The largest absolute Gasteiger partial charge is 0.262 e. The average Bonchev–Trinajstić information content (AvgIpc) is 1.83. The quantitative estimate of drug-likeness (QED) is 0.577. The molecule has 0 aliphatic heterocycles. The van der Waals surface area contributed by atoms with Crippen LogP contribution in [0.25, 0.3) is 0 Å². The second-order valence-electron chi connectivity index (χ2n) is 4.93. The summed E-state index contributed by atoms with van der Waals surface area (Å²) in [6, 6.07) is 0. The van der Waals surface area contributed by atoms with E-state index < -0.39 is 0 Å². The second-order valence-corrected chi connectivity index (χ2v) is 6.67. The predicted molar refractivity (Wildman–Crippen MR) is 58.1 cm³/mol. The molecule has 0 fully saturated rings. The fourth-order valence-electron chi connectivity index (χ4n) is 0.947. The van der Waals surface area contributed by atoms with Crippen molar-refractivity contribution in [3.63, 3.8) is 0 Å². The molecule has 72 valence electrons. The van der Waals surface area contributed by atoms with Gasteiger partial charge in [-0.15, -0.1) is 0 Å². The molecule has 0 saturated carbocycles. The minimum Gasteiger partial charge on any atom is -0.262 e. The average molecular weight is 187 g/mol. The van der Waals surface area contributed by atoms with E-state index in [4.69, 9.17) is 0 Å². The highest BCUT2D eigenvalue weighted by Gasteiger charge is 2.16. The Kier molecular flexibility index (Phi) is 4.40. The maximum atomic E-state index is 4.69. The van der Waals surface area contributed by atoms with Crippen LogP contribution in [0.5, 0.6) is 0 Å². The highest BCUT2D eigenvalue weighted by Crippen LogP contribution is 2.29. The Morgan fingerprint density at radius 1 is 1.08 bits per heavy atom. The Hall–Kier alpha value is 0.100. The molecule has 1 nitrogen and oxygen atoms in total. The van der Waals surface area contributed by atoms with Crippen LogP contribution in [0.15, 0.2) is 4.74 Å². The molecule has 0 radical (unpaired) electrons. The number of hydrogen-bond acceptors (Lipinski definition) is 1. The van der Waals surface area contributed by atoms with Gasteiger partial charge in [0.25, 0.3) is 0 Å². The Morgan fingerprint density at radius 2 is 1.58 bits per heavy atom. The van der Waals surface area contributed by atoms with Crippen molar-refractivity contribution < 1.29 is 0 Å². The first-order valence-electron chi connectivity index (χ1n) is 4.71. The molecule has 0 unspecified atom stereocenters. The summed E-state index contributed by atoms with van der Waals surface area (Å²) in [5, 5.41) is 0.311. The van der Waals surface area contributed by atoms with Crippen LogP contribution in [0.4, 0.5) is 0 Å². The molecule has 0 saturated heterocycles. The van der Waals surface area contributed by atoms with E-state index in [0.717, 1.165) is 0 Å². The van der Waals surface area contributed by atoms with Crippen LogP contribution in [0.1, 0.15) is 54.4 Å². The van der Waals surface area contributed by atoms with Gasteiger partial charge in [-0.05, 0) is 20.3 Å². The van der Waals surface area contributed by atoms with Gasteiger partial charge in [-0.2, -0.15) is 0 Å². The summed E-state index contributed by atoms with van der Waals surface area (Å²) in [4.78, 5) is 0. The minimum absolute atomic E-state index is 0.170. The third-order valence-electron chi connectivity index (χ3n) is 1.48. The number of rotatable bonds is 3. The number of hydrogen-bond donors (Lipinski definition) is 0. The van der Waals surface area contributed by atoms with E-state index in [0.29, 0.717) is 5.16 Å².